The molecule has 0 fully saturated rings. The van der Waals surface area contributed by atoms with E-state index in [1.807, 2.05) is 13.8 Å². The molecule has 0 saturated heterocycles. The molecular formula is C21H18F2N6O. The molecule has 3 aromatic heterocycles. The maximum absolute atomic E-state index is 14.3. The van der Waals surface area contributed by atoms with E-state index in [9.17, 15) is 13.6 Å². The molecule has 30 heavy (non-hydrogen) atoms. The lowest BCUT2D eigenvalue weighted by Gasteiger charge is -2.08. The minimum atomic E-state index is -1.08. The zero-order chi connectivity index (χ0) is 21.4. The predicted molar refractivity (Wildman–Crippen MR) is 110 cm³/mol. The zero-order valence-electron chi connectivity index (χ0n) is 16.2. The van der Waals surface area contributed by atoms with Gasteiger partial charge in [0, 0.05) is 52.9 Å². The molecule has 0 saturated carbocycles. The van der Waals surface area contributed by atoms with Crippen LogP contribution < -0.4 is 11.1 Å². The Balaban J connectivity index is 1.75. The number of halogens is 2. The van der Waals surface area contributed by atoms with Gasteiger partial charge in [0.15, 0.2) is 5.82 Å². The number of H-pyrrole nitrogens is 1. The van der Waals surface area contributed by atoms with Gasteiger partial charge in [-0.15, -0.1) is 0 Å². The van der Waals surface area contributed by atoms with E-state index in [0.29, 0.717) is 28.1 Å². The summed E-state index contributed by atoms with van der Waals surface area (Å²) in [6, 6.07) is 3.93. The highest BCUT2D eigenvalue weighted by Crippen LogP contribution is 2.28. The van der Waals surface area contributed by atoms with Gasteiger partial charge in [-0.2, -0.15) is 0 Å². The Morgan fingerprint density at radius 2 is 1.80 bits per heavy atom. The number of nitrogens with one attached hydrogen (secondary N) is 2. The first kappa shape index (κ1) is 19.4. The number of hydrogen-bond acceptors (Lipinski definition) is 6. The highest BCUT2D eigenvalue weighted by Gasteiger charge is 2.24. The molecule has 0 spiro atoms. The number of nitrogens with zero attached hydrogens (tertiary/aromatic N) is 3. The quantitative estimate of drug-likeness (QED) is 0.341. The monoisotopic (exact) mass is 408 g/mol. The molecule has 3 heterocycles. The molecular weight excluding hydrogens is 390 g/mol. The number of aromatic amines is 1. The second-order valence-corrected chi connectivity index (χ2v) is 7.07. The Bertz CT molecular complexity index is 1250. The van der Waals surface area contributed by atoms with Gasteiger partial charge in [-0.3, -0.25) is 4.79 Å². The number of nitrogen functional groups attached to an aromatic ring is 1. The summed E-state index contributed by atoms with van der Waals surface area (Å²) in [6.45, 7) is 3.96. The molecule has 4 rings (SSSR count). The van der Waals surface area contributed by atoms with E-state index in [-0.39, 0.29) is 17.3 Å². The standard InChI is InChI=1S/C21H18F2N6O/c1-10(2)29-21-27-7-12(8-28-21)11-5-13-14(9-26-20(13)25-6-11)19(30)17-15(22)3-4-16(24)18(17)23/h3-10H,24H2,1-2H3,(H,25,26)(H,27,28,29). The number of aromatic nitrogens is 4. The third-order valence-corrected chi connectivity index (χ3v) is 4.53. The zero-order valence-corrected chi connectivity index (χ0v) is 16.2. The second-order valence-electron chi connectivity index (χ2n) is 7.07. The van der Waals surface area contributed by atoms with Crippen molar-refractivity contribution in [2.45, 2.75) is 19.9 Å². The number of nitrogens with two attached hydrogens (primary N) is 1. The van der Waals surface area contributed by atoms with Gasteiger partial charge >= 0.3 is 0 Å². The average Bonchev–Trinajstić information content (AvgIpc) is 3.14. The molecule has 0 bridgehead atoms. The van der Waals surface area contributed by atoms with Crippen molar-refractivity contribution in [3.05, 3.63) is 65.7 Å². The maximum Gasteiger partial charge on any atom is 0.222 e. The van der Waals surface area contributed by atoms with Crippen LogP contribution in [0.2, 0.25) is 0 Å². The summed E-state index contributed by atoms with van der Waals surface area (Å²) in [4.78, 5) is 28.6. The lowest BCUT2D eigenvalue weighted by molar-refractivity contribution is 0.103. The Kier molecular flexibility index (Phi) is 4.86. The topological polar surface area (TPSA) is 110 Å². The molecule has 0 amide bonds. The SMILES string of the molecule is CC(C)Nc1ncc(-c2cnc3[nH]cc(C(=O)c4c(F)ccc(N)c4F)c3c2)cn1. The van der Waals surface area contributed by atoms with E-state index in [4.69, 9.17) is 5.73 Å². The number of anilines is 2. The van der Waals surface area contributed by atoms with Crippen LogP contribution in [-0.4, -0.2) is 31.8 Å². The van der Waals surface area contributed by atoms with Crippen molar-refractivity contribution in [3.63, 3.8) is 0 Å². The second kappa shape index (κ2) is 7.51. The van der Waals surface area contributed by atoms with Crippen LogP contribution in [0.1, 0.15) is 29.8 Å². The highest BCUT2D eigenvalue weighted by molar-refractivity contribution is 6.16. The number of pyridine rings is 1. The first-order valence-corrected chi connectivity index (χ1v) is 9.19. The summed E-state index contributed by atoms with van der Waals surface area (Å²) in [6.07, 6.45) is 6.24. The van der Waals surface area contributed by atoms with Crippen molar-refractivity contribution >= 4 is 28.5 Å². The summed E-state index contributed by atoms with van der Waals surface area (Å²) in [7, 11) is 0. The van der Waals surface area contributed by atoms with Crippen LogP contribution in [0.25, 0.3) is 22.2 Å². The fourth-order valence-electron chi connectivity index (χ4n) is 3.07. The lowest BCUT2D eigenvalue weighted by atomic mass is 10.0. The molecule has 152 valence electrons. The molecule has 4 N–H and O–H groups in total. The van der Waals surface area contributed by atoms with E-state index in [1.165, 1.54) is 6.20 Å². The minimum absolute atomic E-state index is 0.0850. The molecule has 9 heteroatoms. The number of carbonyl (C=O) groups excluding carboxylic acids is 1. The number of rotatable bonds is 5. The van der Waals surface area contributed by atoms with Crippen LogP contribution in [0.5, 0.6) is 0 Å². The van der Waals surface area contributed by atoms with E-state index < -0.39 is 23.0 Å². The fourth-order valence-corrected chi connectivity index (χ4v) is 3.07. The van der Waals surface area contributed by atoms with E-state index in [2.05, 4.69) is 25.3 Å². The lowest BCUT2D eigenvalue weighted by Crippen LogP contribution is -2.12. The Morgan fingerprint density at radius 1 is 1.10 bits per heavy atom. The molecule has 0 aliphatic rings. The average molecular weight is 408 g/mol. The molecule has 0 atom stereocenters. The van der Waals surface area contributed by atoms with Crippen LogP contribution in [0, 0.1) is 11.6 Å². The Hall–Kier alpha value is -3.88. The van der Waals surface area contributed by atoms with Crippen molar-refractivity contribution in [1.29, 1.82) is 0 Å². The Morgan fingerprint density at radius 3 is 2.50 bits per heavy atom. The number of benzene rings is 1. The summed E-state index contributed by atoms with van der Waals surface area (Å²) >= 11 is 0. The fraction of sp³-hybridized carbons (Fsp3) is 0.143. The highest BCUT2D eigenvalue weighted by atomic mass is 19.1. The van der Waals surface area contributed by atoms with Crippen LogP contribution in [-0.2, 0) is 0 Å². The molecule has 1 aromatic carbocycles. The van der Waals surface area contributed by atoms with Gasteiger partial charge < -0.3 is 16.0 Å². The van der Waals surface area contributed by atoms with Gasteiger partial charge in [-0.25, -0.2) is 23.7 Å². The van der Waals surface area contributed by atoms with Crippen LogP contribution in [0.15, 0.2) is 43.0 Å². The van der Waals surface area contributed by atoms with E-state index >= 15 is 0 Å². The van der Waals surface area contributed by atoms with E-state index in [1.54, 1.807) is 24.7 Å². The van der Waals surface area contributed by atoms with E-state index in [0.717, 1.165) is 12.1 Å². The first-order chi connectivity index (χ1) is 14.3. The molecule has 0 unspecified atom stereocenters. The van der Waals surface area contributed by atoms with Gasteiger partial charge in [0.25, 0.3) is 0 Å². The number of ketones is 1. The predicted octanol–water partition coefficient (Wildman–Crippen LogP) is 3.93. The van der Waals surface area contributed by atoms with Crippen molar-refractivity contribution in [2.24, 2.45) is 0 Å². The summed E-state index contributed by atoms with van der Waals surface area (Å²) in [5.74, 6) is -2.39. The minimum Gasteiger partial charge on any atom is -0.396 e. The van der Waals surface area contributed by atoms with Crippen molar-refractivity contribution in [1.82, 2.24) is 19.9 Å². The van der Waals surface area contributed by atoms with Gasteiger partial charge in [0.2, 0.25) is 11.7 Å². The van der Waals surface area contributed by atoms with Crippen molar-refractivity contribution in [3.8, 4) is 11.1 Å². The van der Waals surface area contributed by atoms with Gasteiger partial charge in [0.05, 0.1) is 11.3 Å². The molecule has 0 radical (unpaired) electrons. The number of fused-ring (bicyclic) bond motifs is 1. The number of hydrogen-bond donors (Lipinski definition) is 3. The first-order valence-electron chi connectivity index (χ1n) is 9.19. The van der Waals surface area contributed by atoms with Crippen molar-refractivity contribution in [2.75, 3.05) is 11.1 Å². The summed E-state index contributed by atoms with van der Waals surface area (Å²) in [5.41, 5.74) is 6.33. The third kappa shape index (κ3) is 3.45. The van der Waals surface area contributed by atoms with Crippen LogP contribution in [0.3, 0.4) is 0 Å². The molecule has 0 aliphatic carbocycles. The molecule has 4 aromatic rings. The maximum atomic E-state index is 14.3. The third-order valence-electron chi connectivity index (χ3n) is 4.53. The molecule has 0 aliphatic heterocycles. The summed E-state index contributed by atoms with van der Waals surface area (Å²) in [5, 5.41) is 3.52. The van der Waals surface area contributed by atoms with Gasteiger partial charge in [-0.05, 0) is 32.0 Å². The number of carbonyl (C=O) groups is 1. The molecule has 7 nitrogen and oxygen atoms in total. The van der Waals surface area contributed by atoms with Crippen LogP contribution >= 0.6 is 0 Å². The van der Waals surface area contributed by atoms with Gasteiger partial charge in [0.1, 0.15) is 11.5 Å². The Labute approximate surface area is 170 Å². The normalized spacial score (nSPS) is 11.2. The van der Waals surface area contributed by atoms with Gasteiger partial charge in [-0.1, -0.05) is 0 Å². The smallest absolute Gasteiger partial charge is 0.222 e. The summed E-state index contributed by atoms with van der Waals surface area (Å²) < 4.78 is 28.5. The van der Waals surface area contributed by atoms with Crippen molar-refractivity contribution < 1.29 is 13.6 Å². The largest absolute Gasteiger partial charge is 0.396 e. The van der Waals surface area contributed by atoms with Crippen LogP contribution in [0.4, 0.5) is 20.4 Å².